The molecule has 1 aromatic heterocycles. The Morgan fingerprint density at radius 2 is 1.69 bits per heavy atom. The molecule has 0 atom stereocenters. The molecular formula is C29H35ClF3N3O3. The number of rotatable bonds is 13. The first kappa shape index (κ1) is 30.5. The van der Waals surface area contributed by atoms with E-state index in [2.05, 4.69) is 4.98 Å². The van der Waals surface area contributed by atoms with Gasteiger partial charge in [0.25, 0.3) is 0 Å². The lowest BCUT2D eigenvalue weighted by Gasteiger charge is -2.32. The number of nitrogens with one attached hydrogen (secondary N) is 1. The molecule has 0 saturated carbocycles. The summed E-state index contributed by atoms with van der Waals surface area (Å²) >= 11 is 6.05. The van der Waals surface area contributed by atoms with E-state index in [0.717, 1.165) is 28.6 Å². The molecule has 10 heteroatoms. The van der Waals surface area contributed by atoms with E-state index < -0.39 is 17.2 Å². The summed E-state index contributed by atoms with van der Waals surface area (Å²) in [4.78, 5) is 33.2. The molecule has 2 aromatic carbocycles. The van der Waals surface area contributed by atoms with Gasteiger partial charge in [-0.3, -0.25) is 9.59 Å². The van der Waals surface area contributed by atoms with Crippen molar-refractivity contribution in [2.24, 2.45) is 5.41 Å². The first-order valence-corrected chi connectivity index (χ1v) is 13.3. The summed E-state index contributed by atoms with van der Waals surface area (Å²) in [5.74, 6) is -0.449. The van der Waals surface area contributed by atoms with Crippen LogP contribution in [0.25, 0.3) is 10.9 Å². The van der Waals surface area contributed by atoms with E-state index in [4.69, 9.17) is 16.3 Å². The topological polar surface area (TPSA) is 65.6 Å². The number of ether oxygens (including phenoxy) is 1. The van der Waals surface area contributed by atoms with Gasteiger partial charge in [-0.05, 0) is 56.0 Å². The number of aromatic amines is 1. The van der Waals surface area contributed by atoms with E-state index in [1.54, 1.807) is 25.9 Å². The Morgan fingerprint density at radius 3 is 2.33 bits per heavy atom. The van der Waals surface area contributed by atoms with E-state index >= 15 is 0 Å². The number of carbonyl (C=O) groups excluding carboxylic acids is 2. The summed E-state index contributed by atoms with van der Waals surface area (Å²) in [6.45, 7) is 4.46. The monoisotopic (exact) mass is 565 g/mol. The molecule has 3 aromatic rings. The summed E-state index contributed by atoms with van der Waals surface area (Å²) in [6, 6.07) is 12.6. The van der Waals surface area contributed by atoms with Crippen LogP contribution in [0.1, 0.15) is 37.0 Å². The van der Waals surface area contributed by atoms with Gasteiger partial charge >= 0.3 is 6.18 Å². The first-order valence-electron chi connectivity index (χ1n) is 12.8. The Hall–Kier alpha value is -3.04. The summed E-state index contributed by atoms with van der Waals surface area (Å²) in [5.41, 5.74) is 0.949. The van der Waals surface area contributed by atoms with Crippen LogP contribution in [0.4, 0.5) is 13.2 Å². The van der Waals surface area contributed by atoms with Crippen molar-refractivity contribution in [3.63, 3.8) is 0 Å². The van der Waals surface area contributed by atoms with Crippen LogP contribution in [0.3, 0.4) is 0 Å². The molecule has 0 aliphatic rings. The highest BCUT2D eigenvalue weighted by Gasteiger charge is 2.33. The highest BCUT2D eigenvalue weighted by molar-refractivity contribution is 6.19. The van der Waals surface area contributed by atoms with Crippen molar-refractivity contribution in [2.75, 3.05) is 39.2 Å². The molecular weight excluding hydrogens is 531 g/mol. The fourth-order valence-corrected chi connectivity index (χ4v) is 4.42. The average Bonchev–Trinajstić information content (AvgIpc) is 3.32. The molecule has 0 bridgehead atoms. The van der Waals surface area contributed by atoms with Crippen molar-refractivity contribution in [2.45, 2.75) is 39.4 Å². The van der Waals surface area contributed by atoms with Gasteiger partial charge in [0.05, 0.1) is 17.5 Å². The summed E-state index contributed by atoms with van der Waals surface area (Å²) < 4.78 is 44.3. The van der Waals surface area contributed by atoms with Crippen molar-refractivity contribution in [3.8, 4) is 0 Å². The number of H-pyrrole nitrogens is 1. The van der Waals surface area contributed by atoms with Crippen LogP contribution in [0.15, 0.2) is 54.7 Å². The second-order valence-electron chi connectivity index (χ2n) is 10.2. The highest BCUT2D eigenvalue weighted by atomic mass is 35.5. The lowest BCUT2D eigenvalue weighted by atomic mass is 9.94. The molecule has 0 fully saturated rings. The third-order valence-corrected chi connectivity index (χ3v) is 7.30. The fraction of sp³-hybridized carbons (Fsp3) is 0.448. The van der Waals surface area contributed by atoms with Crippen LogP contribution in [-0.2, 0) is 33.5 Å². The lowest BCUT2D eigenvalue weighted by molar-refractivity contribution is -0.145. The minimum Gasteiger partial charge on any atom is -0.385 e. The first-order chi connectivity index (χ1) is 18.5. The Balaban J connectivity index is 1.83. The molecule has 0 unspecified atom stereocenters. The average molecular weight is 566 g/mol. The Labute approximate surface area is 232 Å². The van der Waals surface area contributed by atoms with Gasteiger partial charge < -0.3 is 19.5 Å². The molecule has 0 aliphatic heterocycles. The van der Waals surface area contributed by atoms with E-state index in [-0.39, 0.29) is 30.8 Å². The highest BCUT2D eigenvalue weighted by Crippen LogP contribution is 2.29. The molecule has 0 aliphatic carbocycles. The molecule has 0 radical (unpaired) electrons. The number of hydrogen-bond donors (Lipinski definition) is 1. The van der Waals surface area contributed by atoms with E-state index in [0.29, 0.717) is 38.1 Å². The van der Waals surface area contributed by atoms with Crippen molar-refractivity contribution in [3.05, 3.63) is 71.4 Å². The quantitative estimate of drug-likeness (QED) is 0.208. The van der Waals surface area contributed by atoms with Gasteiger partial charge in [-0.1, -0.05) is 30.3 Å². The van der Waals surface area contributed by atoms with Crippen LogP contribution in [0, 0.1) is 5.41 Å². The minimum absolute atomic E-state index is 0.0939. The molecule has 3 rings (SSSR count). The molecule has 1 heterocycles. The van der Waals surface area contributed by atoms with Gasteiger partial charge in [-0.25, -0.2) is 0 Å². The molecule has 0 spiro atoms. The molecule has 2 amide bonds. The van der Waals surface area contributed by atoms with Crippen LogP contribution >= 0.6 is 11.6 Å². The van der Waals surface area contributed by atoms with Crippen molar-refractivity contribution >= 4 is 34.3 Å². The number of methoxy groups -OCH3 is 1. The number of alkyl halides is 4. The standard InChI is InChI=1S/C29H35ClF3N3O3/c1-28(2,20-30)27(38)36(14-6-16-39-3)19-26(37)35(18-21-9-11-23(12-10-21)29(31,32)33)15-13-22-17-34-25-8-5-4-7-24(22)25/h4-5,7-12,17,34H,6,13-16,18-20H2,1-3H3. The third-order valence-electron chi connectivity index (χ3n) is 6.64. The maximum atomic E-state index is 13.6. The predicted octanol–water partition coefficient (Wildman–Crippen LogP) is 5.89. The van der Waals surface area contributed by atoms with Gasteiger partial charge in [0, 0.05) is 56.3 Å². The Kier molecular flexibility index (Phi) is 10.4. The maximum absolute atomic E-state index is 13.6. The third kappa shape index (κ3) is 8.22. The summed E-state index contributed by atoms with van der Waals surface area (Å²) in [5, 5.41) is 1.04. The number of benzene rings is 2. The van der Waals surface area contributed by atoms with E-state index in [9.17, 15) is 22.8 Å². The van der Waals surface area contributed by atoms with E-state index in [1.807, 2.05) is 30.5 Å². The van der Waals surface area contributed by atoms with Gasteiger partial charge in [0.1, 0.15) is 0 Å². The zero-order valence-electron chi connectivity index (χ0n) is 22.5. The number of fused-ring (bicyclic) bond motifs is 1. The molecule has 6 nitrogen and oxygen atoms in total. The van der Waals surface area contributed by atoms with Gasteiger partial charge in [0.15, 0.2) is 0 Å². The van der Waals surface area contributed by atoms with Crippen molar-refractivity contribution in [1.29, 1.82) is 0 Å². The normalized spacial score (nSPS) is 12.1. The smallest absolute Gasteiger partial charge is 0.385 e. The zero-order valence-corrected chi connectivity index (χ0v) is 23.2. The number of halogens is 4. The van der Waals surface area contributed by atoms with Crippen LogP contribution in [0.2, 0.25) is 0 Å². The fourth-order valence-electron chi connectivity index (χ4n) is 4.31. The number of hydrogen-bond acceptors (Lipinski definition) is 3. The predicted molar refractivity (Wildman–Crippen MR) is 146 cm³/mol. The molecule has 39 heavy (non-hydrogen) atoms. The van der Waals surface area contributed by atoms with Crippen molar-refractivity contribution in [1.82, 2.24) is 14.8 Å². The number of aromatic nitrogens is 1. The second-order valence-corrected chi connectivity index (χ2v) is 10.5. The second kappa shape index (κ2) is 13.3. The summed E-state index contributed by atoms with van der Waals surface area (Å²) in [7, 11) is 1.57. The SMILES string of the molecule is COCCCN(CC(=O)N(CCc1c[nH]c2ccccc12)Cc1ccc(C(F)(F)F)cc1)C(=O)C(C)(C)CCl. The maximum Gasteiger partial charge on any atom is 0.416 e. The molecule has 1 N–H and O–H groups in total. The van der Waals surface area contributed by atoms with Gasteiger partial charge in [0.2, 0.25) is 11.8 Å². The largest absolute Gasteiger partial charge is 0.416 e. The van der Waals surface area contributed by atoms with Crippen molar-refractivity contribution < 1.29 is 27.5 Å². The van der Waals surface area contributed by atoms with Crippen LogP contribution in [0.5, 0.6) is 0 Å². The number of para-hydroxylation sites is 1. The van der Waals surface area contributed by atoms with E-state index in [1.165, 1.54) is 17.0 Å². The van der Waals surface area contributed by atoms with Gasteiger partial charge in [-0.2, -0.15) is 13.2 Å². The van der Waals surface area contributed by atoms with Gasteiger partial charge in [-0.15, -0.1) is 11.6 Å². The number of nitrogens with zero attached hydrogens (tertiary/aromatic N) is 2. The lowest BCUT2D eigenvalue weighted by Crippen LogP contribution is -2.48. The number of amides is 2. The van der Waals surface area contributed by atoms with Crippen LogP contribution in [-0.4, -0.2) is 65.8 Å². The summed E-state index contributed by atoms with van der Waals surface area (Å²) in [6.07, 6.45) is -1.47. The minimum atomic E-state index is -4.44. The number of carbonyl (C=O) groups is 2. The zero-order chi connectivity index (χ0) is 28.6. The van der Waals surface area contributed by atoms with Crippen LogP contribution < -0.4 is 0 Å². The molecule has 0 saturated heterocycles. The Bertz CT molecular complexity index is 1240. The molecule has 212 valence electrons. The Morgan fingerprint density at radius 1 is 1.00 bits per heavy atom.